The zero-order chi connectivity index (χ0) is 31.2. The molecule has 0 aliphatic rings. The van der Waals surface area contributed by atoms with Gasteiger partial charge in [-0.15, -0.1) is 11.3 Å². The number of fused-ring (bicyclic) bond motifs is 5. The maximum atomic E-state index is 5.17. The van der Waals surface area contributed by atoms with Crippen LogP contribution in [0.4, 0.5) is 0 Å². The summed E-state index contributed by atoms with van der Waals surface area (Å²) in [7, 11) is 0. The van der Waals surface area contributed by atoms with E-state index in [2.05, 4.69) is 108 Å². The predicted molar refractivity (Wildman–Crippen MR) is 195 cm³/mol. The van der Waals surface area contributed by atoms with Crippen LogP contribution < -0.4 is 0 Å². The predicted octanol–water partition coefficient (Wildman–Crippen LogP) is 11.1. The van der Waals surface area contributed by atoms with Gasteiger partial charge < -0.3 is 0 Å². The maximum absolute atomic E-state index is 5.17. The zero-order valence-corrected chi connectivity index (χ0v) is 26.0. The van der Waals surface area contributed by atoms with Crippen molar-refractivity contribution in [2.45, 2.75) is 0 Å². The second kappa shape index (κ2) is 11.4. The van der Waals surface area contributed by atoms with Gasteiger partial charge in [-0.1, -0.05) is 115 Å². The summed E-state index contributed by atoms with van der Waals surface area (Å²) in [5.41, 5.74) is 7.33. The van der Waals surface area contributed by atoms with Gasteiger partial charge in [0.05, 0.1) is 4.70 Å². The van der Waals surface area contributed by atoms with Crippen molar-refractivity contribution in [3.8, 4) is 56.4 Å². The summed E-state index contributed by atoms with van der Waals surface area (Å²) in [6, 6.07) is 50.7. The Morgan fingerprint density at radius 3 is 1.60 bits per heavy atom. The molecule has 3 aromatic heterocycles. The van der Waals surface area contributed by atoms with Crippen molar-refractivity contribution in [1.82, 2.24) is 19.9 Å². The van der Waals surface area contributed by atoms with Crippen LogP contribution in [-0.2, 0) is 0 Å². The number of pyridine rings is 1. The van der Waals surface area contributed by atoms with Crippen LogP contribution in [0.1, 0.15) is 0 Å². The molecular weight excluding hydrogens is 593 g/mol. The monoisotopic (exact) mass is 618 g/mol. The Balaban J connectivity index is 1.27. The Bertz CT molecular complexity index is 2500. The Labute approximate surface area is 275 Å². The van der Waals surface area contributed by atoms with Gasteiger partial charge in [-0.05, 0) is 58.0 Å². The number of hydrogen-bond donors (Lipinski definition) is 0. The summed E-state index contributed by atoms with van der Waals surface area (Å²) in [6.07, 6.45) is 3.82. The van der Waals surface area contributed by atoms with Crippen molar-refractivity contribution in [1.29, 1.82) is 0 Å². The summed E-state index contributed by atoms with van der Waals surface area (Å²) in [6.45, 7) is 0. The molecule has 220 valence electrons. The van der Waals surface area contributed by atoms with Gasteiger partial charge >= 0.3 is 0 Å². The fourth-order valence-corrected chi connectivity index (χ4v) is 7.44. The molecule has 0 spiro atoms. The van der Waals surface area contributed by atoms with E-state index in [1.165, 1.54) is 30.9 Å². The maximum Gasteiger partial charge on any atom is 0.164 e. The standard InChI is InChI=1S/C42H26N4S/c1-4-10-27(11-5-1)32-22-33(28-12-6-2-7-13-28)24-34(23-32)42-45-40(30-14-8-3-9-15-30)44-41(46-42)31-17-16-29-18-19-36-35-20-21-43-26-38(35)47-39(36)37(29)25-31/h1-26H. The average molecular weight is 619 g/mol. The average Bonchev–Trinajstić information content (AvgIpc) is 3.55. The molecule has 0 N–H and O–H groups in total. The summed E-state index contributed by atoms with van der Waals surface area (Å²) in [5.74, 6) is 1.92. The molecule has 0 bridgehead atoms. The van der Waals surface area contributed by atoms with Crippen LogP contribution >= 0.6 is 11.3 Å². The summed E-state index contributed by atoms with van der Waals surface area (Å²) in [4.78, 5) is 19.7. The minimum atomic E-state index is 0.634. The van der Waals surface area contributed by atoms with Gasteiger partial charge in [0.2, 0.25) is 0 Å². The first kappa shape index (κ1) is 27.3. The van der Waals surface area contributed by atoms with Crippen LogP contribution in [0.5, 0.6) is 0 Å². The van der Waals surface area contributed by atoms with E-state index in [-0.39, 0.29) is 0 Å². The van der Waals surface area contributed by atoms with Gasteiger partial charge in [0.25, 0.3) is 0 Å². The largest absolute Gasteiger partial charge is 0.263 e. The van der Waals surface area contributed by atoms with Gasteiger partial charge in [0.1, 0.15) is 0 Å². The second-order valence-corrected chi connectivity index (χ2v) is 12.6. The fraction of sp³-hybridized carbons (Fsp3) is 0. The molecule has 6 aromatic carbocycles. The number of thiophene rings is 1. The molecule has 0 aliphatic carbocycles. The number of benzene rings is 6. The van der Waals surface area contributed by atoms with E-state index in [4.69, 9.17) is 15.0 Å². The number of rotatable bonds is 5. The van der Waals surface area contributed by atoms with Crippen LogP contribution in [0, 0.1) is 0 Å². The normalized spacial score (nSPS) is 11.4. The second-order valence-electron chi connectivity index (χ2n) is 11.6. The van der Waals surface area contributed by atoms with Crippen molar-refractivity contribution < 1.29 is 0 Å². The molecule has 47 heavy (non-hydrogen) atoms. The lowest BCUT2D eigenvalue weighted by atomic mass is 9.96. The Hall–Kier alpha value is -6.04. The summed E-state index contributed by atoms with van der Waals surface area (Å²) in [5, 5.41) is 4.83. The molecule has 5 heteroatoms. The summed E-state index contributed by atoms with van der Waals surface area (Å²) >= 11 is 1.78. The molecule has 9 rings (SSSR count). The zero-order valence-electron chi connectivity index (χ0n) is 25.2. The SMILES string of the molecule is c1ccc(-c2cc(-c3ccccc3)cc(-c3nc(-c4ccccc4)nc(-c4ccc5ccc6c7ccncc7sc6c5c4)n3)c2)cc1. The van der Waals surface area contributed by atoms with Gasteiger partial charge in [-0.3, -0.25) is 4.98 Å². The third-order valence-corrected chi connectivity index (χ3v) is 9.78. The molecule has 0 saturated heterocycles. The molecule has 3 heterocycles. The quantitative estimate of drug-likeness (QED) is 0.193. The van der Waals surface area contributed by atoms with Gasteiger partial charge in [0, 0.05) is 49.9 Å². The van der Waals surface area contributed by atoms with Crippen molar-refractivity contribution in [3.05, 3.63) is 158 Å². The molecular formula is C42H26N4S. The van der Waals surface area contributed by atoms with Crippen molar-refractivity contribution in [3.63, 3.8) is 0 Å². The number of aromatic nitrogens is 4. The molecule has 0 radical (unpaired) electrons. The van der Waals surface area contributed by atoms with E-state index in [0.717, 1.165) is 38.9 Å². The van der Waals surface area contributed by atoms with E-state index in [0.29, 0.717) is 17.5 Å². The highest BCUT2D eigenvalue weighted by molar-refractivity contribution is 7.26. The molecule has 9 aromatic rings. The van der Waals surface area contributed by atoms with E-state index in [1.54, 1.807) is 11.3 Å². The molecule has 4 nitrogen and oxygen atoms in total. The lowest BCUT2D eigenvalue weighted by molar-refractivity contribution is 1.07. The molecule has 0 atom stereocenters. The number of nitrogens with zero attached hydrogens (tertiary/aromatic N) is 4. The molecule has 0 amide bonds. The third-order valence-electron chi connectivity index (χ3n) is 8.59. The number of hydrogen-bond acceptors (Lipinski definition) is 5. The van der Waals surface area contributed by atoms with Crippen molar-refractivity contribution >= 4 is 42.3 Å². The molecule has 0 saturated carbocycles. The van der Waals surface area contributed by atoms with E-state index >= 15 is 0 Å². The van der Waals surface area contributed by atoms with Crippen molar-refractivity contribution in [2.75, 3.05) is 0 Å². The van der Waals surface area contributed by atoms with Crippen LogP contribution in [0.15, 0.2) is 158 Å². The first-order valence-electron chi connectivity index (χ1n) is 15.5. The first-order chi connectivity index (χ1) is 23.3. The van der Waals surface area contributed by atoms with Crippen LogP contribution in [-0.4, -0.2) is 19.9 Å². The lowest BCUT2D eigenvalue weighted by Gasteiger charge is -2.13. The Morgan fingerprint density at radius 2 is 0.936 bits per heavy atom. The topological polar surface area (TPSA) is 51.6 Å². The minimum absolute atomic E-state index is 0.634. The lowest BCUT2D eigenvalue weighted by Crippen LogP contribution is -2.00. The first-order valence-corrected chi connectivity index (χ1v) is 16.4. The minimum Gasteiger partial charge on any atom is -0.263 e. The molecule has 0 unspecified atom stereocenters. The third kappa shape index (κ3) is 5.03. The van der Waals surface area contributed by atoms with Crippen LogP contribution in [0.2, 0.25) is 0 Å². The van der Waals surface area contributed by atoms with Crippen LogP contribution in [0.25, 0.3) is 87.4 Å². The smallest absolute Gasteiger partial charge is 0.164 e. The fourth-order valence-electron chi connectivity index (χ4n) is 6.25. The van der Waals surface area contributed by atoms with E-state index < -0.39 is 0 Å². The van der Waals surface area contributed by atoms with Crippen molar-refractivity contribution in [2.24, 2.45) is 0 Å². The Morgan fingerprint density at radius 1 is 0.383 bits per heavy atom. The highest BCUT2D eigenvalue weighted by atomic mass is 32.1. The molecule has 0 fully saturated rings. The highest BCUT2D eigenvalue weighted by Gasteiger charge is 2.16. The highest BCUT2D eigenvalue weighted by Crippen LogP contribution is 2.39. The van der Waals surface area contributed by atoms with Crippen LogP contribution in [0.3, 0.4) is 0 Å². The molecule has 0 aliphatic heterocycles. The van der Waals surface area contributed by atoms with Gasteiger partial charge in [-0.2, -0.15) is 0 Å². The van der Waals surface area contributed by atoms with E-state index in [9.17, 15) is 0 Å². The van der Waals surface area contributed by atoms with E-state index in [1.807, 2.05) is 54.9 Å². The van der Waals surface area contributed by atoms with Gasteiger partial charge in [-0.25, -0.2) is 15.0 Å². The Kier molecular flexibility index (Phi) is 6.61. The summed E-state index contributed by atoms with van der Waals surface area (Å²) < 4.78 is 2.43. The van der Waals surface area contributed by atoms with Gasteiger partial charge in [0.15, 0.2) is 17.5 Å².